The van der Waals surface area contributed by atoms with Gasteiger partial charge in [0.25, 0.3) is 0 Å². The Morgan fingerprint density at radius 3 is 2.71 bits per heavy atom. The van der Waals surface area contributed by atoms with Crippen molar-refractivity contribution in [2.24, 2.45) is 0 Å². The minimum Gasteiger partial charge on any atom is -0.361 e. The first-order valence-electron chi connectivity index (χ1n) is 10.7. The molecule has 0 amide bonds. The van der Waals surface area contributed by atoms with E-state index in [9.17, 15) is 0 Å². The molecular formula is C24H23N7. The van der Waals surface area contributed by atoms with E-state index in [0.717, 1.165) is 64.9 Å². The summed E-state index contributed by atoms with van der Waals surface area (Å²) in [6.45, 7) is 2.01. The molecule has 1 aliphatic rings. The molecule has 0 unspecified atom stereocenters. The largest absolute Gasteiger partial charge is 0.361 e. The van der Waals surface area contributed by atoms with Crippen LogP contribution in [0.1, 0.15) is 18.9 Å². The first-order chi connectivity index (χ1) is 15.3. The summed E-state index contributed by atoms with van der Waals surface area (Å²) in [7, 11) is 0. The van der Waals surface area contributed by atoms with Crippen LogP contribution in [0.15, 0.2) is 67.0 Å². The van der Waals surface area contributed by atoms with Crippen molar-refractivity contribution in [1.29, 1.82) is 0 Å². The van der Waals surface area contributed by atoms with Gasteiger partial charge in [-0.15, -0.1) is 0 Å². The molecule has 0 spiro atoms. The van der Waals surface area contributed by atoms with Crippen LogP contribution in [0.25, 0.3) is 33.3 Å². The Balaban J connectivity index is 1.49. The van der Waals surface area contributed by atoms with Gasteiger partial charge in [0.1, 0.15) is 5.82 Å². The fraction of sp³-hybridized carbons (Fsp3) is 0.208. The van der Waals surface area contributed by atoms with E-state index in [-0.39, 0.29) is 0 Å². The number of hydrogen-bond acceptors (Lipinski definition) is 5. The van der Waals surface area contributed by atoms with Gasteiger partial charge >= 0.3 is 0 Å². The first-order valence-corrected chi connectivity index (χ1v) is 10.7. The number of benzene rings is 2. The van der Waals surface area contributed by atoms with Gasteiger partial charge in [0.05, 0.1) is 17.6 Å². The number of nitrogens with one attached hydrogen (secondary N) is 3. The summed E-state index contributed by atoms with van der Waals surface area (Å²) in [6.07, 6.45) is 5.94. The highest BCUT2D eigenvalue weighted by Crippen LogP contribution is 2.31. The number of anilines is 2. The highest BCUT2D eigenvalue weighted by molar-refractivity contribution is 5.91. The van der Waals surface area contributed by atoms with Crippen LogP contribution >= 0.6 is 0 Å². The SMILES string of the molecule is c1ccc(-c2nc(Nc3ccc4[nH]ccc4c3)c3cnn(C4CCNCC4)c3n2)cc1. The van der Waals surface area contributed by atoms with Gasteiger partial charge in [-0.25, -0.2) is 14.6 Å². The number of aromatic nitrogens is 5. The lowest BCUT2D eigenvalue weighted by Crippen LogP contribution is -2.30. The van der Waals surface area contributed by atoms with Crippen LogP contribution in [0, 0.1) is 0 Å². The fourth-order valence-electron chi connectivity index (χ4n) is 4.32. The molecule has 0 radical (unpaired) electrons. The molecule has 7 heteroatoms. The molecule has 7 nitrogen and oxygen atoms in total. The number of hydrogen-bond donors (Lipinski definition) is 3. The predicted octanol–water partition coefficient (Wildman–Crippen LogP) is 4.64. The van der Waals surface area contributed by atoms with Crippen LogP contribution in [0.5, 0.6) is 0 Å². The summed E-state index contributed by atoms with van der Waals surface area (Å²) < 4.78 is 2.09. The molecule has 0 saturated carbocycles. The van der Waals surface area contributed by atoms with Crippen molar-refractivity contribution in [3.8, 4) is 11.4 Å². The summed E-state index contributed by atoms with van der Waals surface area (Å²) in [5.74, 6) is 1.48. The number of piperidine rings is 1. The fourth-order valence-corrected chi connectivity index (χ4v) is 4.32. The van der Waals surface area contributed by atoms with E-state index in [1.807, 2.05) is 42.7 Å². The van der Waals surface area contributed by atoms with Crippen molar-refractivity contribution >= 4 is 33.4 Å². The molecule has 0 bridgehead atoms. The minimum absolute atomic E-state index is 0.348. The van der Waals surface area contributed by atoms with Gasteiger partial charge in [0.2, 0.25) is 0 Å². The van der Waals surface area contributed by atoms with Gasteiger partial charge in [-0.2, -0.15) is 5.10 Å². The molecule has 154 valence electrons. The third-order valence-electron chi connectivity index (χ3n) is 5.96. The van der Waals surface area contributed by atoms with Crippen LogP contribution in [-0.4, -0.2) is 37.8 Å². The Morgan fingerprint density at radius 1 is 0.968 bits per heavy atom. The van der Waals surface area contributed by atoms with E-state index in [1.54, 1.807) is 0 Å². The van der Waals surface area contributed by atoms with Crippen LogP contribution in [0.3, 0.4) is 0 Å². The van der Waals surface area contributed by atoms with Crippen LogP contribution in [-0.2, 0) is 0 Å². The lowest BCUT2D eigenvalue weighted by atomic mass is 10.1. The molecule has 31 heavy (non-hydrogen) atoms. The van der Waals surface area contributed by atoms with Crippen molar-refractivity contribution in [3.63, 3.8) is 0 Å². The van der Waals surface area contributed by atoms with Crippen LogP contribution < -0.4 is 10.6 Å². The second kappa shape index (κ2) is 7.52. The molecule has 0 aliphatic carbocycles. The third-order valence-corrected chi connectivity index (χ3v) is 5.96. The van der Waals surface area contributed by atoms with E-state index in [0.29, 0.717) is 11.9 Å². The monoisotopic (exact) mass is 409 g/mol. The lowest BCUT2D eigenvalue weighted by Gasteiger charge is -2.23. The summed E-state index contributed by atoms with van der Waals surface area (Å²) >= 11 is 0. The Bertz CT molecular complexity index is 1350. The van der Waals surface area contributed by atoms with Gasteiger partial charge in [-0.1, -0.05) is 30.3 Å². The van der Waals surface area contributed by atoms with E-state index >= 15 is 0 Å². The van der Waals surface area contributed by atoms with Crippen molar-refractivity contribution < 1.29 is 0 Å². The van der Waals surface area contributed by atoms with Crippen molar-refractivity contribution in [3.05, 3.63) is 67.0 Å². The Labute approximate surface area is 179 Å². The summed E-state index contributed by atoms with van der Waals surface area (Å²) in [5, 5.41) is 13.8. The Morgan fingerprint density at radius 2 is 1.84 bits per heavy atom. The van der Waals surface area contributed by atoms with Gasteiger partial charge in [0, 0.05) is 28.4 Å². The van der Waals surface area contributed by atoms with Crippen molar-refractivity contribution in [1.82, 2.24) is 30.0 Å². The molecule has 3 N–H and O–H groups in total. The second-order valence-corrected chi connectivity index (χ2v) is 7.97. The van der Waals surface area contributed by atoms with E-state index in [1.165, 1.54) is 0 Å². The molecule has 1 fully saturated rings. The maximum atomic E-state index is 4.95. The molecule has 6 rings (SSSR count). The zero-order valence-electron chi connectivity index (χ0n) is 17.0. The second-order valence-electron chi connectivity index (χ2n) is 7.97. The molecule has 1 saturated heterocycles. The zero-order valence-corrected chi connectivity index (χ0v) is 17.0. The maximum absolute atomic E-state index is 4.95. The molecule has 5 aromatic rings. The molecular weight excluding hydrogens is 386 g/mol. The first kappa shape index (κ1) is 18.1. The molecule has 3 aromatic heterocycles. The zero-order chi connectivity index (χ0) is 20.6. The number of H-pyrrole nitrogens is 1. The normalized spacial score (nSPS) is 15.0. The quantitative estimate of drug-likeness (QED) is 0.403. The van der Waals surface area contributed by atoms with Crippen LogP contribution in [0.2, 0.25) is 0 Å². The minimum atomic E-state index is 0.348. The third kappa shape index (κ3) is 3.33. The Hall–Kier alpha value is -3.71. The summed E-state index contributed by atoms with van der Waals surface area (Å²) in [6, 6.07) is 18.8. The van der Waals surface area contributed by atoms with E-state index in [4.69, 9.17) is 15.1 Å². The van der Waals surface area contributed by atoms with E-state index < -0.39 is 0 Å². The van der Waals surface area contributed by atoms with Gasteiger partial charge < -0.3 is 15.6 Å². The number of aromatic amines is 1. The van der Waals surface area contributed by atoms with E-state index in [2.05, 4.69) is 44.6 Å². The Kier molecular flexibility index (Phi) is 4.39. The number of nitrogens with zero attached hydrogens (tertiary/aromatic N) is 4. The molecule has 1 aliphatic heterocycles. The summed E-state index contributed by atoms with van der Waals surface area (Å²) in [5.41, 5.74) is 3.97. The highest BCUT2D eigenvalue weighted by atomic mass is 15.3. The summed E-state index contributed by atoms with van der Waals surface area (Å²) in [4.78, 5) is 13.1. The lowest BCUT2D eigenvalue weighted by molar-refractivity contribution is 0.350. The van der Waals surface area contributed by atoms with Gasteiger partial charge in [-0.3, -0.25) is 0 Å². The number of fused-ring (bicyclic) bond motifs is 2. The average Bonchev–Trinajstić information content (AvgIpc) is 3.47. The molecule has 0 atom stereocenters. The maximum Gasteiger partial charge on any atom is 0.164 e. The van der Waals surface area contributed by atoms with Crippen LogP contribution in [0.4, 0.5) is 11.5 Å². The van der Waals surface area contributed by atoms with Gasteiger partial charge in [-0.05, 0) is 50.2 Å². The highest BCUT2D eigenvalue weighted by Gasteiger charge is 2.21. The average molecular weight is 409 g/mol. The number of rotatable bonds is 4. The smallest absolute Gasteiger partial charge is 0.164 e. The molecule has 4 heterocycles. The topological polar surface area (TPSA) is 83.5 Å². The molecule has 2 aromatic carbocycles. The van der Waals surface area contributed by atoms with Gasteiger partial charge in [0.15, 0.2) is 11.5 Å². The standard InChI is InChI=1S/C24H23N7/c1-2-4-16(5-3-1)22-29-23(28-18-6-7-21-17(14-18)8-13-26-21)20-15-27-31(24(20)30-22)19-9-11-25-12-10-19/h1-8,13-15,19,25-26H,9-12H2,(H,28,29,30). The van der Waals surface area contributed by atoms with Crippen molar-refractivity contribution in [2.75, 3.05) is 18.4 Å². The predicted molar refractivity (Wildman–Crippen MR) is 123 cm³/mol. The van der Waals surface area contributed by atoms with Crippen molar-refractivity contribution in [2.45, 2.75) is 18.9 Å².